The first-order chi connectivity index (χ1) is 11.2. The minimum atomic E-state index is -1.18. The summed E-state index contributed by atoms with van der Waals surface area (Å²) >= 11 is 0. The van der Waals surface area contributed by atoms with Crippen molar-refractivity contribution in [2.75, 3.05) is 6.54 Å². The van der Waals surface area contributed by atoms with Crippen LogP contribution in [-0.4, -0.2) is 41.5 Å². The van der Waals surface area contributed by atoms with E-state index < -0.39 is 36.4 Å². The van der Waals surface area contributed by atoms with E-state index in [1.807, 2.05) is 0 Å². The van der Waals surface area contributed by atoms with Gasteiger partial charge in [-0.2, -0.15) is 0 Å². The number of hydrogen-bond donors (Lipinski definition) is 3. The van der Waals surface area contributed by atoms with E-state index in [-0.39, 0.29) is 17.9 Å². The van der Waals surface area contributed by atoms with E-state index in [9.17, 15) is 19.2 Å². The summed E-state index contributed by atoms with van der Waals surface area (Å²) in [6.07, 6.45) is 0.0695. The summed E-state index contributed by atoms with van der Waals surface area (Å²) < 4.78 is 9.90. The van der Waals surface area contributed by atoms with E-state index >= 15 is 0 Å². The van der Waals surface area contributed by atoms with E-state index in [0.29, 0.717) is 5.56 Å². The average molecular weight is 338 g/mol. The first-order valence-corrected chi connectivity index (χ1v) is 6.94. The van der Waals surface area contributed by atoms with Crippen LogP contribution >= 0.6 is 0 Å². The first-order valence-electron chi connectivity index (χ1n) is 6.94. The molecule has 4 N–H and O–H groups in total. The van der Waals surface area contributed by atoms with Crippen LogP contribution in [0.25, 0.3) is 0 Å². The number of carbonyl (C=O) groups is 4. The second kappa shape index (κ2) is 8.63. The van der Waals surface area contributed by atoms with Crippen molar-refractivity contribution in [1.29, 1.82) is 0 Å². The number of esters is 2. The Bertz CT molecular complexity index is 657. The van der Waals surface area contributed by atoms with Crippen molar-refractivity contribution in [3.63, 3.8) is 0 Å². The SMILES string of the molecule is CC(=O)Oc1ccc(C[C@H](N)C(=O)NCC(=O)O)cc1OC(C)=O. The fraction of sp³-hybridized carbons (Fsp3) is 0.333. The van der Waals surface area contributed by atoms with Crippen molar-refractivity contribution in [2.45, 2.75) is 26.3 Å². The molecule has 0 saturated carbocycles. The highest BCUT2D eigenvalue weighted by Gasteiger charge is 2.17. The van der Waals surface area contributed by atoms with E-state index in [2.05, 4.69) is 5.32 Å². The maximum Gasteiger partial charge on any atom is 0.322 e. The molecule has 9 nitrogen and oxygen atoms in total. The largest absolute Gasteiger partial charge is 0.480 e. The normalized spacial score (nSPS) is 11.3. The van der Waals surface area contributed by atoms with Gasteiger partial charge < -0.3 is 25.6 Å². The van der Waals surface area contributed by atoms with Gasteiger partial charge in [-0.1, -0.05) is 6.07 Å². The smallest absolute Gasteiger partial charge is 0.322 e. The van der Waals surface area contributed by atoms with Gasteiger partial charge in [-0.15, -0.1) is 0 Å². The third kappa shape index (κ3) is 6.44. The zero-order valence-electron chi connectivity index (χ0n) is 13.2. The summed E-state index contributed by atoms with van der Waals surface area (Å²) in [5.74, 6) is -2.92. The predicted octanol–water partition coefficient (Wildman–Crippen LogP) is -0.392. The van der Waals surface area contributed by atoms with Gasteiger partial charge in [0.1, 0.15) is 6.54 Å². The second-order valence-electron chi connectivity index (χ2n) is 4.89. The standard InChI is InChI=1S/C15H18N2O7/c1-8(18)23-12-4-3-10(6-13(12)24-9(2)19)5-11(16)15(22)17-7-14(20)21/h3-4,6,11H,5,7,16H2,1-2H3,(H,17,22)(H,20,21)/t11-/m0/s1. The van der Waals surface area contributed by atoms with Crippen LogP contribution in [0.2, 0.25) is 0 Å². The zero-order chi connectivity index (χ0) is 18.3. The van der Waals surface area contributed by atoms with Gasteiger partial charge in [0.25, 0.3) is 0 Å². The van der Waals surface area contributed by atoms with E-state index in [1.165, 1.54) is 26.0 Å². The Morgan fingerprint density at radius 1 is 1.12 bits per heavy atom. The number of benzene rings is 1. The van der Waals surface area contributed by atoms with Gasteiger partial charge in [-0.25, -0.2) is 0 Å². The van der Waals surface area contributed by atoms with E-state index in [0.717, 1.165) is 0 Å². The van der Waals surface area contributed by atoms with Crippen LogP contribution in [0, 0.1) is 0 Å². The van der Waals surface area contributed by atoms with Gasteiger partial charge in [0.2, 0.25) is 5.91 Å². The van der Waals surface area contributed by atoms with Crippen molar-refractivity contribution >= 4 is 23.8 Å². The van der Waals surface area contributed by atoms with Gasteiger partial charge in [0.15, 0.2) is 11.5 Å². The Kier molecular flexibility index (Phi) is 6.87. The number of carbonyl (C=O) groups excluding carboxylic acids is 3. The summed E-state index contributed by atoms with van der Waals surface area (Å²) in [6.45, 7) is 1.86. The van der Waals surface area contributed by atoms with Crippen molar-refractivity contribution in [2.24, 2.45) is 5.73 Å². The van der Waals surface area contributed by atoms with Gasteiger partial charge in [0.05, 0.1) is 6.04 Å². The van der Waals surface area contributed by atoms with Crippen LogP contribution in [0.15, 0.2) is 18.2 Å². The Hall–Kier alpha value is -2.94. The predicted molar refractivity (Wildman–Crippen MR) is 81.4 cm³/mol. The Morgan fingerprint density at radius 3 is 2.25 bits per heavy atom. The van der Waals surface area contributed by atoms with E-state index in [4.69, 9.17) is 20.3 Å². The number of aliphatic carboxylic acids is 1. The fourth-order valence-corrected chi connectivity index (χ4v) is 1.79. The molecule has 1 rings (SSSR count). The van der Waals surface area contributed by atoms with Crippen molar-refractivity contribution in [3.05, 3.63) is 23.8 Å². The molecule has 0 aromatic heterocycles. The average Bonchev–Trinajstić information content (AvgIpc) is 2.46. The lowest BCUT2D eigenvalue weighted by Gasteiger charge is -2.14. The Balaban J connectivity index is 2.87. The Labute approximate surface area is 137 Å². The lowest BCUT2D eigenvalue weighted by molar-refractivity contribution is -0.138. The quantitative estimate of drug-likeness (QED) is 0.450. The van der Waals surface area contributed by atoms with Crippen LogP contribution in [0.3, 0.4) is 0 Å². The van der Waals surface area contributed by atoms with Gasteiger partial charge in [0, 0.05) is 13.8 Å². The molecule has 0 bridgehead atoms. The van der Waals surface area contributed by atoms with Gasteiger partial charge in [-0.3, -0.25) is 19.2 Å². The highest BCUT2D eigenvalue weighted by molar-refractivity contribution is 5.85. The monoisotopic (exact) mass is 338 g/mol. The molecule has 0 heterocycles. The number of hydrogen-bond acceptors (Lipinski definition) is 7. The molecule has 1 aromatic carbocycles. The summed E-state index contributed by atoms with van der Waals surface area (Å²) in [4.78, 5) is 44.3. The van der Waals surface area contributed by atoms with Crippen molar-refractivity contribution < 1.29 is 33.8 Å². The van der Waals surface area contributed by atoms with E-state index in [1.54, 1.807) is 6.07 Å². The summed E-state index contributed by atoms with van der Waals surface area (Å²) in [6, 6.07) is 3.39. The van der Waals surface area contributed by atoms with Crippen LogP contribution in [0.1, 0.15) is 19.4 Å². The number of carboxylic acids is 1. The maximum absolute atomic E-state index is 11.7. The fourth-order valence-electron chi connectivity index (χ4n) is 1.79. The van der Waals surface area contributed by atoms with Gasteiger partial charge in [-0.05, 0) is 24.1 Å². The molecular weight excluding hydrogens is 320 g/mol. The number of amides is 1. The van der Waals surface area contributed by atoms with Gasteiger partial charge >= 0.3 is 17.9 Å². The highest BCUT2D eigenvalue weighted by Crippen LogP contribution is 2.29. The minimum absolute atomic E-state index is 0.0216. The van der Waals surface area contributed by atoms with Crippen LogP contribution in [0.4, 0.5) is 0 Å². The molecular formula is C15H18N2O7. The van der Waals surface area contributed by atoms with Crippen molar-refractivity contribution in [3.8, 4) is 11.5 Å². The molecule has 0 aliphatic heterocycles. The molecule has 130 valence electrons. The first kappa shape index (κ1) is 19.1. The molecule has 0 unspecified atom stereocenters. The topological polar surface area (TPSA) is 145 Å². The number of rotatable bonds is 7. The van der Waals surface area contributed by atoms with Crippen LogP contribution in [-0.2, 0) is 25.6 Å². The lowest BCUT2D eigenvalue weighted by atomic mass is 10.1. The minimum Gasteiger partial charge on any atom is -0.480 e. The summed E-state index contributed by atoms with van der Waals surface area (Å²) in [5.41, 5.74) is 6.25. The second-order valence-corrected chi connectivity index (χ2v) is 4.89. The molecule has 0 spiro atoms. The maximum atomic E-state index is 11.7. The lowest BCUT2D eigenvalue weighted by Crippen LogP contribution is -2.43. The molecule has 9 heteroatoms. The van der Waals surface area contributed by atoms with Crippen LogP contribution < -0.4 is 20.5 Å². The third-order valence-corrected chi connectivity index (χ3v) is 2.72. The Morgan fingerprint density at radius 2 is 1.71 bits per heavy atom. The number of ether oxygens (including phenoxy) is 2. The van der Waals surface area contributed by atoms with Crippen molar-refractivity contribution in [1.82, 2.24) is 5.32 Å². The molecule has 1 amide bonds. The highest BCUT2D eigenvalue weighted by atomic mass is 16.6. The molecule has 24 heavy (non-hydrogen) atoms. The third-order valence-electron chi connectivity index (χ3n) is 2.72. The number of carboxylic acid groups (broad SMARTS) is 1. The number of nitrogens with one attached hydrogen (secondary N) is 1. The molecule has 0 fully saturated rings. The molecule has 1 aromatic rings. The molecule has 0 saturated heterocycles. The zero-order valence-corrected chi connectivity index (χ0v) is 13.2. The molecule has 1 atom stereocenters. The van der Waals surface area contributed by atoms with Crippen LogP contribution in [0.5, 0.6) is 11.5 Å². The summed E-state index contributed by atoms with van der Waals surface area (Å²) in [7, 11) is 0. The summed E-state index contributed by atoms with van der Waals surface area (Å²) in [5, 5.41) is 10.7. The molecule has 0 aliphatic carbocycles. The number of nitrogens with two attached hydrogens (primary N) is 1. The molecule has 0 radical (unpaired) electrons. The molecule has 0 aliphatic rings.